The van der Waals surface area contributed by atoms with Crippen molar-refractivity contribution in [2.24, 2.45) is 5.92 Å². The molecule has 3 heterocycles. The zero-order valence-corrected chi connectivity index (χ0v) is 13.0. The van der Waals surface area contributed by atoms with Crippen molar-refractivity contribution in [1.29, 1.82) is 0 Å². The number of hydrogen-bond acceptors (Lipinski definition) is 3. The largest absolute Gasteiger partial charge is 0.341 e. The molecule has 6 nitrogen and oxygen atoms in total. The SMILES string of the molecule is O=C(CN1CCCC1=O)N1CCC(CCn2cccn2)CC1. The van der Waals surface area contributed by atoms with Gasteiger partial charge < -0.3 is 9.80 Å². The van der Waals surface area contributed by atoms with Gasteiger partial charge in [-0.05, 0) is 37.7 Å². The molecule has 1 aromatic rings. The Kier molecular flexibility index (Phi) is 4.75. The number of carbonyl (C=O) groups excluding carboxylic acids is 2. The van der Waals surface area contributed by atoms with E-state index in [9.17, 15) is 9.59 Å². The molecule has 120 valence electrons. The summed E-state index contributed by atoms with van der Waals surface area (Å²) in [6.45, 7) is 3.62. The summed E-state index contributed by atoms with van der Waals surface area (Å²) in [6.07, 6.45) is 8.52. The minimum absolute atomic E-state index is 0.112. The van der Waals surface area contributed by atoms with Gasteiger partial charge >= 0.3 is 0 Å². The average Bonchev–Trinajstić information content (AvgIpc) is 3.18. The Hall–Kier alpha value is -1.85. The van der Waals surface area contributed by atoms with Gasteiger partial charge in [0.2, 0.25) is 11.8 Å². The van der Waals surface area contributed by atoms with Crippen LogP contribution in [0.15, 0.2) is 18.5 Å². The van der Waals surface area contributed by atoms with E-state index >= 15 is 0 Å². The number of nitrogens with zero attached hydrogens (tertiary/aromatic N) is 4. The lowest BCUT2D eigenvalue weighted by Crippen LogP contribution is -2.44. The molecule has 2 fully saturated rings. The predicted octanol–water partition coefficient (Wildman–Crippen LogP) is 1.13. The molecule has 0 aliphatic carbocycles. The van der Waals surface area contributed by atoms with Crippen LogP contribution in [0, 0.1) is 5.92 Å². The summed E-state index contributed by atoms with van der Waals surface area (Å²) in [7, 11) is 0. The fraction of sp³-hybridized carbons (Fsp3) is 0.688. The van der Waals surface area contributed by atoms with Crippen LogP contribution in [0.4, 0.5) is 0 Å². The van der Waals surface area contributed by atoms with Crippen LogP contribution < -0.4 is 0 Å². The Morgan fingerprint density at radius 3 is 2.73 bits per heavy atom. The van der Waals surface area contributed by atoms with Crippen molar-refractivity contribution in [3.05, 3.63) is 18.5 Å². The van der Waals surface area contributed by atoms with Gasteiger partial charge in [-0.15, -0.1) is 0 Å². The monoisotopic (exact) mass is 304 g/mol. The van der Waals surface area contributed by atoms with E-state index in [0.29, 0.717) is 12.3 Å². The molecule has 0 bridgehead atoms. The number of amides is 2. The number of piperidine rings is 1. The third kappa shape index (κ3) is 3.67. The van der Waals surface area contributed by atoms with Gasteiger partial charge in [0.05, 0.1) is 6.54 Å². The summed E-state index contributed by atoms with van der Waals surface area (Å²) in [4.78, 5) is 27.5. The van der Waals surface area contributed by atoms with Crippen molar-refractivity contribution in [3.63, 3.8) is 0 Å². The fourth-order valence-corrected chi connectivity index (χ4v) is 3.35. The van der Waals surface area contributed by atoms with E-state index in [1.807, 2.05) is 21.8 Å². The maximum atomic E-state index is 12.3. The van der Waals surface area contributed by atoms with Gasteiger partial charge in [-0.25, -0.2) is 0 Å². The first-order valence-electron chi connectivity index (χ1n) is 8.25. The van der Waals surface area contributed by atoms with E-state index in [1.165, 1.54) is 0 Å². The fourth-order valence-electron chi connectivity index (χ4n) is 3.35. The van der Waals surface area contributed by atoms with Crippen molar-refractivity contribution in [1.82, 2.24) is 19.6 Å². The highest BCUT2D eigenvalue weighted by molar-refractivity contribution is 5.85. The van der Waals surface area contributed by atoms with Crippen LogP contribution >= 0.6 is 0 Å². The quantitative estimate of drug-likeness (QED) is 0.819. The van der Waals surface area contributed by atoms with E-state index in [-0.39, 0.29) is 18.4 Å². The van der Waals surface area contributed by atoms with E-state index in [1.54, 1.807) is 11.1 Å². The predicted molar refractivity (Wildman–Crippen MR) is 82.0 cm³/mol. The summed E-state index contributed by atoms with van der Waals surface area (Å²) in [5.41, 5.74) is 0. The Morgan fingerprint density at radius 1 is 1.27 bits per heavy atom. The molecule has 0 radical (unpaired) electrons. The lowest BCUT2D eigenvalue weighted by Gasteiger charge is -2.33. The highest BCUT2D eigenvalue weighted by atomic mass is 16.2. The Bertz CT molecular complexity index is 506. The first kappa shape index (κ1) is 15.1. The normalized spacial score (nSPS) is 19.9. The van der Waals surface area contributed by atoms with Crippen LogP contribution in [0.5, 0.6) is 0 Å². The van der Waals surface area contributed by atoms with E-state index in [2.05, 4.69) is 5.10 Å². The van der Waals surface area contributed by atoms with Crippen LogP contribution in [-0.4, -0.2) is 57.6 Å². The Morgan fingerprint density at radius 2 is 2.09 bits per heavy atom. The second kappa shape index (κ2) is 6.94. The first-order valence-corrected chi connectivity index (χ1v) is 8.25. The third-order valence-corrected chi connectivity index (χ3v) is 4.79. The standard InChI is InChI=1S/C16H24N4O2/c21-15-3-1-8-19(15)13-16(22)18-10-4-14(5-11-18)6-12-20-9-2-7-17-20/h2,7,9,14H,1,3-6,8,10-13H2. The van der Waals surface area contributed by atoms with E-state index < -0.39 is 0 Å². The van der Waals surface area contributed by atoms with Crippen LogP contribution in [0.3, 0.4) is 0 Å². The number of aromatic nitrogens is 2. The van der Waals surface area contributed by atoms with Crippen molar-refractivity contribution in [2.75, 3.05) is 26.2 Å². The molecule has 2 aliphatic rings. The molecule has 0 spiro atoms. The number of carbonyl (C=O) groups is 2. The van der Waals surface area contributed by atoms with Crippen molar-refractivity contribution in [3.8, 4) is 0 Å². The van der Waals surface area contributed by atoms with Gasteiger partial charge in [0.25, 0.3) is 0 Å². The van der Waals surface area contributed by atoms with Crippen molar-refractivity contribution < 1.29 is 9.59 Å². The number of hydrogen-bond donors (Lipinski definition) is 0. The third-order valence-electron chi connectivity index (χ3n) is 4.79. The molecule has 2 aliphatic heterocycles. The molecule has 3 rings (SSSR count). The Balaban J connectivity index is 1.39. The van der Waals surface area contributed by atoms with Gasteiger partial charge in [0, 0.05) is 45.0 Å². The topological polar surface area (TPSA) is 58.4 Å². The van der Waals surface area contributed by atoms with Gasteiger partial charge in [-0.1, -0.05) is 0 Å². The van der Waals surface area contributed by atoms with Crippen LogP contribution in [0.25, 0.3) is 0 Å². The number of likely N-dealkylation sites (tertiary alicyclic amines) is 2. The molecule has 0 unspecified atom stereocenters. The molecule has 22 heavy (non-hydrogen) atoms. The van der Waals surface area contributed by atoms with Crippen LogP contribution in [0.2, 0.25) is 0 Å². The highest BCUT2D eigenvalue weighted by Gasteiger charge is 2.27. The minimum atomic E-state index is 0.112. The molecule has 6 heteroatoms. The van der Waals surface area contributed by atoms with Gasteiger partial charge in [-0.2, -0.15) is 5.10 Å². The van der Waals surface area contributed by atoms with Gasteiger partial charge in [0.15, 0.2) is 0 Å². The van der Waals surface area contributed by atoms with E-state index in [0.717, 1.165) is 51.9 Å². The zero-order chi connectivity index (χ0) is 15.4. The molecule has 2 amide bonds. The molecular formula is C16H24N4O2. The van der Waals surface area contributed by atoms with Crippen LogP contribution in [0.1, 0.15) is 32.1 Å². The summed E-state index contributed by atoms with van der Waals surface area (Å²) >= 11 is 0. The maximum Gasteiger partial charge on any atom is 0.242 e. The molecule has 0 aromatic carbocycles. The Labute approximate surface area is 131 Å². The first-order chi connectivity index (χ1) is 10.7. The number of rotatable bonds is 5. The van der Waals surface area contributed by atoms with Gasteiger partial charge in [0.1, 0.15) is 0 Å². The highest BCUT2D eigenvalue weighted by Crippen LogP contribution is 2.21. The van der Waals surface area contributed by atoms with Crippen molar-refractivity contribution >= 4 is 11.8 Å². The lowest BCUT2D eigenvalue weighted by atomic mass is 9.93. The average molecular weight is 304 g/mol. The van der Waals surface area contributed by atoms with Crippen LogP contribution in [-0.2, 0) is 16.1 Å². The molecule has 0 atom stereocenters. The van der Waals surface area contributed by atoms with Crippen molar-refractivity contribution in [2.45, 2.75) is 38.6 Å². The molecule has 0 saturated carbocycles. The van der Waals surface area contributed by atoms with E-state index in [4.69, 9.17) is 0 Å². The molecule has 0 N–H and O–H groups in total. The summed E-state index contributed by atoms with van der Waals surface area (Å²) in [6, 6.07) is 1.95. The lowest BCUT2D eigenvalue weighted by molar-refractivity contribution is -0.139. The summed E-state index contributed by atoms with van der Waals surface area (Å²) in [5.74, 6) is 0.907. The smallest absolute Gasteiger partial charge is 0.242 e. The zero-order valence-electron chi connectivity index (χ0n) is 13.0. The molecule has 2 saturated heterocycles. The molecule has 1 aromatic heterocycles. The molecular weight excluding hydrogens is 280 g/mol. The second-order valence-corrected chi connectivity index (χ2v) is 6.30. The second-order valence-electron chi connectivity index (χ2n) is 6.30. The minimum Gasteiger partial charge on any atom is -0.341 e. The van der Waals surface area contributed by atoms with Gasteiger partial charge in [-0.3, -0.25) is 14.3 Å². The number of aryl methyl sites for hydroxylation is 1. The maximum absolute atomic E-state index is 12.3. The summed E-state index contributed by atoms with van der Waals surface area (Å²) in [5, 5.41) is 4.22. The summed E-state index contributed by atoms with van der Waals surface area (Å²) < 4.78 is 1.97.